The van der Waals surface area contributed by atoms with Crippen LogP contribution >= 0.6 is 0 Å². The van der Waals surface area contributed by atoms with Crippen LogP contribution in [-0.2, 0) is 15.6 Å². The Balaban J connectivity index is 1.87. The van der Waals surface area contributed by atoms with E-state index in [1.165, 1.54) is 12.8 Å². The van der Waals surface area contributed by atoms with Crippen LogP contribution in [0.1, 0.15) is 39.0 Å². The monoisotopic (exact) mass is 243 g/mol. The Morgan fingerprint density at radius 3 is 2.44 bits per heavy atom. The van der Waals surface area contributed by atoms with Crippen LogP contribution in [0.15, 0.2) is 0 Å². The summed E-state index contributed by atoms with van der Waals surface area (Å²) in [5.41, 5.74) is 0. The molecule has 92 valence electrons. The first-order valence-corrected chi connectivity index (χ1v) is 7.79. The number of hydrogen-bond acceptors (Lipinski definition) is 3. The van der Waals surface area contributed by atoms with E-state index in [0.717, 1.165) is 25.8 Å². The molecule has 0 saturated carbocycles. The van der Waals surface area contributed by atoms with Crippen LogP contribution in [0.2, 0.25) is 0 Å². The number of ketones is 1. The summed E-state index contributed by atoms with van der Waals surface area (Å²) in [5, 5.41) is 0.275. The van der Waals surface area contributed by atoms with Gasteiger partial charge in [-0.1, -0.05) is 6.92 Å². The molecule has 2 aliphatic heterocycles. The number of piperidine rings is 1. The predicted octanol–water partition coefficient (Wildman–Crippen LogP) is 1.34. The number of nitrogens with zero attached hydrogens (tertiary/aromatic N) is 1. The standard InChI is InChI=1S/C12H21NO2S/c1-9(16(2)15)5-6-13-10-3-4-11(13)8-12(14)7-10/h9-11H,3-8H2,1-2H3. The van der Waals surface area contributed by atoms with E-state index in [1.807, 2.05) is 6.92 Å². The van der Waals surface area contributed by atoms with Gasteiger partial charge in [0.15, 0.2) is 0 Å². The Morgan fingerprint density at radius 1 is 1.38 bits per heavy atom. The lowest BCUT2D eigenvalue weighted by Gasteiger charge is -2.34. The van der Waals surface area contributed by atoms with E-state index in [1.54, 1.807) is 6.26 Å². The van der Waals surface area contributed by atoms with E-state index >= 15 is 0 Å². The number of carbonyl (C=O) groups excluding carboxylic acids is 1. The molecule has 4 unspecified atom stereocenters. The summed E-state index contributed by atoms with van der Waals surface area (Å²) in [6.07, 6.45) is 6.63. The Bertz CT molecular complexity index is 289. The second-order valence-corrected chi connectivity index (χ2v) is 6.97. The Morgan fingerprint density at radius 2 is 1.94 bits per heavy atom. The van der Waals surface area contributed by atoms with Crippen molar-refractivity contribution in [3.05, 3.63) is 0 Å². The van der Waals surface area contributed by atoms with E-state index in [4.69, 9.17) is 0 Å². The topological polar surface area (TPSA) is 37.4 Å². The maximum atomic E-state index is 11.4. The molecule has 0 aromatic heterocycles. The van der Waals surface area contributed by atoms with Crippen LogP contribution in [0.25, 0.3) is 0 Å². The van der Waals surface area contributed by atoms with Crippen LogP contribution < -0.4 is 0 Å². The molecule has 0 radical (unpaired) electrons. The molecule has 0 aromatic carbocycles. The Kier molecular flexibility index (Phi) is 3.80. The van der Waals surface area contributed by atoms with Crippen molar-refractivity contribution in [3.63, 3.8) is 0 Å². The van der Waals surface area contributed by atoms with Gasteiger partial charge in [-0.2, -0.15) is 0 Å². The molecule has 2 rings (SSSR count). The van der Waals surface area contributed by atoms with Crippen molar-refractivity contribution in [1.29, 1.82) is 0 Å². The van der Waals surface area contributed by atoms with Gasteiger partial charge >= 0.3 is 0 Å². The third-order valence-corrected chi connectivity index (χ3v) is 5.43. The second kappa shape index (κ2) is 4.96. The van der Waals surface area contributed by atoms with Crippen LogP contribution in [0.4, 0.5) is 0 Å². The first kappa shape index (κ1) is 12.2. The fourth-order valence-electron chi connectivity index (χ4n) is 2.92. The molecule has 2 saturated heterocycles. The van der Waals surface area contributed by atoms with Gasteiger partial charge in [-0.3, -0.25) is 13.9 Å². The summed E-state index contributed by atoms with van der Waals surface area (Å²) in [5.74, 6) is 0.441. The second-order valence-electron chi connectivity index (χ2n) is 5.17. The molecule has 0 N–H and O–H groups in total. The lowest BCUT2D eigenvalue weighted by Crippen LogP contribution is -2.44. The molecule has 2 bridgehead atoms. The highest BCUT2D eigenvalue weighted by Gasteiger charge is 2.39. The molecule has 0 spiro atoms. The largest absolute Gasteiger partial charge is 0.300 e. The van der Waals surface area contributed by atoms with Gasteiger partial charge in [-0.05, 0) is 25.8 Å². The summed E-state index contributed by atoms with van der Waals surface area (Å²) in [4.78, 5) is 13.9. The number of fused-ring (bicyclic) bond motifs is 2. The fourth-order valence-corrected chi connectivity index (χ4v) is 3.36. The van der Waals surface area contributed by atoms with Crippen molar-refractivity contribution in [3.8, 4) is 0 Å². The molecule has 4 atom stereocenters. The highest BCUT2D eigenvalue weighted by atomic mass is 32.2. The average molecular weight is 243 g/mol. The van der Waals surface area contributed by atoms with Crippen molar-refractivity contribution in [2.24, 2.45) is 0 Å². The quantitative estimate of drug-likeness (QED) is 0.748. The normalized spacial score (nSPS) is 34.0. The summed E-state index contributed by atoms with van der Waals surface area (Å²) < 4.78 is 11.3. The van der Waals surface area contributed by atoms with Crippen LogP contribution in [0, 0.1) is 0 Å². The number of rotatable bonds is 4. The third kappa shape index (κ3) is 2.54. The van der Waals surface area contributed by atoms with E-state index in [9.17, 15) is 9.00 Å². The summed E-state index contributed by atoms with van der Waals surface area (Å²) in [7, 11) is -0.717. The van der Waals surface area contributed by atoms with Crippen LogP contribution in [0.3, 0.4) is 0 Å². The maximum absolute atomic E-state index is 11.4. The predicted molar refractivity (Wildman–Crippen MR) is 65.9 cm³/mol. The zero-order valence-electron chi connectivity index (χ0n) is 10.1. The van der Waals surface area contributed by atoms with Gasteiger partial charge in [0.2, 0.25) is 0 Å². The number of carbonyl (C=O) groups is 1. The molecular weight excluding hydrogens is 222 g/mol. The van der Waals surface area contributed by atoms with Crippen molar-refractivity contribution in [2.45, 2.75) is 56.4 Å². The fraction of sp³-hybridized carbons (Fsp3) is 0.917. The van der Waals surface area contributed by atoms with Crippen LogP contribution in [0.5, 0.6) is 0 Å². The molecule has 3 nitrogen and oxygen atoms in total. The summed E-state index contributed by atoms with van der Waals surface area (Å²) in [6.45, 7) is 3.07. The molecule has 16 heavy (non-hydrogen) atoms. The molecule has 2 heterocycles. The molecule has 0 amide bonds. The van der Waals surface area contributed by atoms with Gasteiger partial charge < -0.3 is 0 Å². The van der Waals surface area contributed by atoms with E-state index in [2.05, 4.69) is 4.90 Å². The SMILES string of the molecule is CC(CCN1C2CCC1CC(=O)C2)S(C)=O. The van der Waals surface area contributed by atoms with Gasteiger partial charge in [-0.15, -0.1) is 0 Å². The number of Topliss-reactive ketones (excluding diaryl/α,β-unsaturated/α-hetero) is 1. The molecule has 2 aliphatic rings. The molecule has 2 fully saturated rings. The molecule has 0 aromatic rings. The zero-order valence-corrected chi connectivity index (χ0v) is 11.0. The first-order chi connectivity index (χ1) is 7.58. The van der Waals surface area contributed by atoms with Gasteiger partial charge in [0.1, 0.15) is 5.78 Å². The van der Waals surface area contributed by atoms with Crippen molar-refractivity contribution in [2.75, 3.05) is 12.8 Å². The van der Waals surface area contributed by atoms with Crippen molar-refractivity contribution >= 4 is 16.6 Å². The van der Waals surface area contributed by atoms with Crippen LogP contribution in [-0.4, -0.2) is 45.0 Å². The molecular formula is C12H21NO2S. The highest BCUT2D eigenvalue weighted by molar-refractivity contribution is 7.84. The lowest BCUT2D eigenvalue weighted by molar-refractivity contribution is -0.123. The minimum absolute atomic E-state index is 0.275. The van der Waals surface area contributed by atoms with E-state index < -0.39 is 10.8 Å². The molecule has 0 aliphatic carbocycles. The van der Waals surface area contributed by atoms with Gasteiger partial charge in [0.25, 0.3) is 0 Å². The minimum atomic E-state index is -0.717. The van der Waals surface area contributed by atoms with Crippen molar-refractivity contribution < 1.29 is 9.00 Å². The smallest absolute Gasteiger partial charge is 0.136 e. The number of hydrogen-bond donors (Lipinski definition) is 0. The van der Waals surface area contributed by atoms with E-state index in [-0.39, 0.29) is 5.25 Å². The van der Waals surface area contributed by atoms with E-state index in [0.29, 0.717) is 17.9 Å². The Labute approximate surface area is 100 Å². The third-order valence-electron chi connectivity index (χ3n) is 4.06. The average Bonchev–Trinajstić information content (AvgIpc) is 2.45. The molecule has 4 heteroatoms. The Hall–Kier alpha value is -0.220. The zero-order chi connectivity index (χ0) is 11.7. The van der Waals surface area contributed by atoms with Crippen molar-refractivity contribution in [1.82, 2.24) is 4.90 Å². The lowest BCUT2D eigenvalue weighted by atomic mass is 10.0. The maximum Gasteiger partial charge on any atom is 0.136 e. The summed E-state index contributed by atoms with van der Waals surface area (Å²) >= 11 is 0. The van der Waals surface area contributed by atoms with Gasteiger partial charge in [-0.25, -0.2) is 0 Å². The first-order valence-electron chi connectivity index (χ1n) is 6.17. The highest BCUT2D eigenvalue weighted by Crippen LogP contribution is 2.33. The van der Waals surface area contributed by atoms with Gasteiger partial charge in [0.05, 0.1) is 0 Å². The minimum Gasteiger partial charge on any atom is -0.300 e. The summed E-state index contributed by atoms with van der Waals surface area (Å²) in [6, 6.07) is 0.979. The van der Waals surface area contributed by atoms with Gasteiger partial charge in [0, 0.05) is 47.2 Å².